The largest absolute Gasteiger partial charge is 0.354 e. The summed E-state index contributed by atoms with van der Waals surface area (Å²) in [5.41, 5.74) is 1.53. The van der Waals surface area contributed by atoms with Gasteiger partial charge in [0.05, 0.1) is 11.7 Å². The van der Waals surface area contributed by atoms with Gasteiger partial charge in [-0.1, -0.05) is 13.0 Å². The molecule has 0 aromatic carbocycles. The van der Waals surface area contributed by atoms with E-state index in [0.717, 1.165) is 25.2 Å². The summed E-state index contributed by atoms with van der Waals surface area (Å²) in [6, 6.07) is 6.07. The fraction of sp³-hybridized carbons (Fsp3) is 0.538. The van der Waals surface area contributed by atoms with Crippen LogP contribution in [-0.2, 0) is 0 Å². The molecule has 1 atom stereocenters. The van der Waals surface area contributed by atoms with Gasteiger partial charge in [0.1, 0.15) is 5.69 Å². The number of nitrogens with zero attached hydrogens (tertiary/aromatic N) is 2. The number of amides is 1. The van der Waals surface area contributed by atoms with E-state index in [9.17, 15) is 4.79 Å². The molecule has 17 heavy (non-hydrogen) atoms. The maximum absolute atomic E-state index is 11.5. The highest BCUT2D eigenvalue weighted by Crippen LogP contribution is 2.30. The maximum Gasteiger partial charge on any atom is 0.269 e. The van der Waals surface area contributed by atoms with Crippen LogP contribution in [0.3, 0.4) is 0 Å². The van der Waals surface area contributed by atoms with Crippen molar-refractivity contribution in [3.8, 4) is 0 Å². The minimum Gasteiger partial charge on any atom is -0.354 e. The Morgan fingerprint density at radius 3 is 3.12 bits per heavy atom. The van der Waals surface area contributed by atoms with E-state index in [1.54, 1.807) is 13.1 Å². The Balaban J connectivity index is 2.23. The number of pyridine rings is 1. The van der Waals surface area contributed by atoms with Gasteiger partial charge in [0.2, 0.25) is 0 Å². The Morgan fingerprint density at radius 1 is 1.59 bits per heavy atom. The van der Waals surface area contributed by atoms with E-state index in [0.29, 0.717) is 11.7 Å². The molecule has 1 aromatic rings. The molecule has 92 valence electrons. The minimum absolute atomic E-state index is 0.118. The van der Waals surface area contributed by atoms with E-state index in [4.69, 9.17) is 0 Å². The van der Waals surface area contributed by atoms with Crippen LogP contribution in [0.5, 0.6) is 0 Å². The van der Waals surface area contributed by atoms with Crippen LogP contribution < -0.4 is 5.32 Å². The molecule has 2 rings (SSSR count). The zero-order valence-electron chi connectivity index (χ0n) is 10.4. The SMILES string of the molecule is CCN1CCCC1c1cccc(C(=O)NC)n1. The fourth-order valence-electron chi connectivity index (χ4n) is 2.43. The Kier molecular flexibility index (Phi) is 3.74. The van der Waals surface area contributed by atoms with Crippen LogP contribution in [0.1, 0.15) is 42.0 Å². The van der Waals surface area contributed by atoms with Crippen LogP contribution in [0.25, 0.3) is 0 Å². The van der Waals surface area contributed by atoms with Crippen LogP contribution >= 0.6 is 0 Å². The number of aromatic nitrogens is 1. The van der Waals surface area contributed by atoms with Gasteiger partial charge in [-0.15, -0.1) is 0 Å². The molecule has 1 fully saturated rings. The monoisotopic (exact) mass is 233 g/mol. The number of likely N-dealkylation sites (tertiary alicyclic amines) is 1. The van der Waals surface area contributed by atoms with Crippen molar-refractivity contribution in [3.63, 3.8) is 0 Å². The molecule has 0 saturated carbocycles. The van der Waals surface area contributed by atoms with Gasteiger partial charge in [0, 0.05) is 7.05 Å². The lowest BCUT2D eigenvalue weighted by Crippen LogP contribution is -2.25. The first-order chi connectivity index (χ1) is 8.26. The summed E-state index contributed by atoms with van der Waals surface area (Å²) < 4.78 is 0. The lowest BCUT2D eigenvalue weighted by atomic mass is 10.1. The van der Waals surface area contributed by atoms with E-state index >= 15 is 0 Å². The van der Waals surface area contributed by atoms with Crippen molar-refractivity contribution in [3.05, 3.63) is 29.6 Å². The highest BCUT2D eigenvalue weighted by Gasteiger charge is 2.25. The molecule has 4 heteroatoms. The molecule has 2 heterocycles. The fourth-order valence-corrected chi connectivity index (χ4v) is 2.43. The van der Waals surface area contributed by atoms with E-state index in [2.05, 4.69) is 22.1 Å². The molecule has 0 bridgehead atoms. The number of hydrogen-bond donors (Lipinski definition) is 1. The van der Waals surface area contributed by atoms with E-state index in [1.807, 2.05) is 12.1 Å². The van der Waals surface area contributed by atoms with E-state index in [1.165, 1.54) is 6.42 Å². The van der Waals surface area contributed by atoms with Gasteiger partial charge in [-0.3, -0.25) is 9.69 Å². The first-order valence-corrected chi connectivity index (χ1v) is 6.19. The molecule has 1 aliphatic rings. The van der Waals surface area contributed by atoms with Gasteiger partial charge in [0.15, 0.2) is 0 Å². The highest BCUT2D eigenvalue weighted by atomic mass is 16.1. The van der Waals surface area contributed by atoms with Crippen LogP contribution in [0.15, 0.2) is 18.2 Å². The second-order valence-corrected chi connectivity index (χ2v) is 4.31. The molecule has 1 unspecified atom stereocenters. The van der Waals surface area contributed by atoms with Crippen molar-refractivity contribution >= 4 is 5.91 Å². The third-order valence-corrected chi connectivity index (χ3v) is 3.34. The van der Waals surface area contributed by atoms with Gasteiger partial charge < -0.3 is 5.32 Å². The van der Waals surface area contributed by atoms with Crippen molar-refractivity contribution in [2.24, 2.45) is 0 Å². The lowest BCUT2D eigenvalue weighted by Gasteiger charge is -2.22. The third-order valence-electron chi connectivity index (χ3n) is 3.34. The molecule has 1 saturated heterocycles. The number of carbonyl (C=O) groups excluding carboxylic acids is 1. The summed E-state index contributed by atoms with van der Waals surface area (Å²) in [6.07, 6.45) is 2.35. The lowest BCUT2D eigenvalue weighted by molar-refractivity contribution is 0.0957. The van der Waals surface area contributed by atoms with Gasteiger partial charge in [-0.05, 0) is 38.1 Å². The van der Waals surface area contributed by atoms with E-state index < -0.39 is 0 Å². The zero-order chi connectivity index (χ0) is 12.3. The van der Waals surface area contributed by atoms with E-state index in [-0.39, 0.29) is 5.91 Å². The Labute approximate surface area is 102 Å². The highest BCUT2D eigenvalue weighted by molar-refractivity contribution is 5.91. The van der Waals surface area contributed by atoms with Crippen LogP contribution in [0.4, 0.5) is 0 Å². The summed E-state index contributed by atoms with van der Waals surface area (Å²) in [5, 5.41) is 2.61. The number of hydrogen-bond acceptors (Lipinski definition) is 3. The molecule has 0 radical (unpaired) electrons. The molecular formula is C13H19N3O. The summed E-state index contributed by atoms with van der Waals surface area (Å²) in [5.74, 6) is -0.118. The standard InChI is InChI=1S/C13H19N3O/c1-3-16-9-5-8-12(16)10-6-4-7-11(15-10)13(17)14-2/h4,6-7,12H,3,5,8-9H2,1-2H3,(H,14,17). The van der Waals surface area contributed by atoms with Crippen molar-refractivity contribution in [2.75, 3.05) is 20.1 Å². The predicted molar refractivity (Wildman–Crippen MR) is 66.8 cm³/mol. The number of rotatable bonds is 3. The Morgan fingerprint density at radius 2 is 2.41 bits per heavy atom. The topological polar surface area (TPSA) is 45.2 Å². The average molecular weight is 233 g/mol. The molecule has 1 N–H and O–H groups in total. The quantitative estimate of drug-likeness (QED) is 0.862. The summed E-state index contributed by atoms with van der Waals surface area (Å²) in [6.45, 7) is 4.34. The smallest absolute Gasteiger partial charge is 0.269 e. The second kappa shape index (κ2) is 5.27. The average Bonchev–Trinajstić information content (AvgIpc) is 2.86. The van der Waals surface area contributed by atoms with Gasteiger partial charge in [-0.2, -0.15) is 0 Å². The molecule has 1 aromatic heterocycles. The Hall–Kier alpha value is -1.42. The van der Waals surface area contributed by atoms with Crippen LogP contribution in [0.2, 0.25) is 0 Å². The first-order valence-electron chi connectivity index (χ1n) is 6.19. The van der Waals surface area contributed by atoms with Gasteiger partial charge in [-0.25, -0.2) is 4.98 Å². The summed E-state index contributed by atoms with van der Waals surface area (Å²) in [4.78, 5) is 18.4. The summed E-state index contributed by atoms with van der Waals surface area (Å²) in [7, 11) is 1.63. The second-order valence-electron chi connectivity index (χ2n) is 4.31. The summed E-state index contributed by atoms with van der Waals surface area (Å²) >= 11 is 0. The van der Waals surface area contributed by atoms with Crippen molar-refractivity contribution in [1.82, 2.24) is 15.2 Å². The van der Waals surface area contributed by atoms with Crippen molar-refractivity contribution in [2.45, 2.75) is 25.8 Å². The van der Waals surface area contributed by atoms with Crippen molar-refractivity contribution in [1.29, 1.82) is 0 Å². The Bertz CT molecular complexity index is 405. The molecule has 0 aliphatic carbocycles. The van der Waals surface area contributed by atoms with Crippen LogP contribution in [0, 0.1) is 0 Å². The molecule has 1 amide bonds. The number of nitrogens with one attached hydrogen (secondary N) is 1. The molecule has 0 spiro atoms. The zero-order valence-corrected chi connectivity index (χ0v) is 10.4. The molecule has 1 aliphatic heterocycles. The molecular weight excluding hydrogens is 214 g/mol. The maximum atomic E-state index is 11.5. The minimum atomic E-state index is -0.118. The first kappa shape index (κ1) is 12.0. The molecule has 4 nitrogen and oxygen atoms in total. The normalized spacial score (nSPS) is 20.5. The number of carbonyl (C=O) groups is 1. The predicted octanol–water partition coefficient (Wildman–Crippen LogP) is 1.60. The van der Waals surface area contributed by atoms with Gasteiger partial charge >= 0.3 is 0 Å². The van der Waals surface area contributed by atoms with Crippen molar-refractivity contribution < 1.29 is 4.79 Å². The van der Waals surface area contributed by atoms with Gasteiger partial charge in [0.25, 0.3) is 5.91 Å². The van der Waals surface area contributed by atoms with Crippen LogP contribution in [-0.4, -0.2) is 35.9 Å². The third kappa shape index (κ3) is 2.47.